The summed E-state index contributed by atoms with van der Waals surface area (Å²) in [6.45, 7) is 2.33. The summed E-state index contributed by atoms with van der Waals surface area (Å²) in [5.74, 6) is 0. The molecule has 0 fully saturated rings. The van der Waals surface area contributed by atoms with Gasteiger partial charge in [-0.1, -0.05) is 73.7 Å². The number of hydrogen-bond donors (Lipinski definition) is 0. The van der Waals surface area contributed by atoms with Crippen molar-refractivity contribution in [3.05, 3.63) is 78.2 Å². The number of benzene rings is 2. The second-order valence-electron chi connectivity index (χ2n) is 4.75. The molecule has 3 rings (SSSR count). The maximum atomic E-state index is 2.33. The molecule has 20 heavy (non-hydrogen) atoms. The summed E-state index contributed by atoms with van der Waals surface area (Å²) in [6.07, 6.45) is 1.17. The highest BCUT2D eigenvalue weighted by molar-refractivity contribution is 7.98. The van der Waals surface area contributed by atoms with E-state index in [1.807, 2.05) is 11.3 Å². The fourth-order valence-electron chi connectivity index (χ4n) is 2.78. The van der Waals surface area contributed by atoms with Crippen molar-refractivity contribution in [2.45, 2.75) is 6.92 Å². The molecule has 1 aromatic heterocycles. The summed E-state index contributed by atoms with van der Waals surface area (Å²) in [5, 5.41) is 5.17. The summed E-state index contributed by atoms with van der Waals surface area (Å²) < 4.78 is 1.53. The first-order chi connectivity index (χ1) is 9.88. The monoisotopic (exact) mass is 297 g/mol. The zero-order valence-corrected chi connectivity index (χ0v) is 13.3. The average molecular weight is 297 g/mol. The van der Waals surface area contributed by atoms with Crippen molar-refractivity contribution in [2.75, 3.05) is 6.16 Å². The minimum atomic E-state index is -1.47. The average Bonchev–Trinajstić information content (AvgIpc) is 3.06. The van der Waals surface area contributed by atoms with Gasteiger partial charge in [0.25, 0.3) is 0 Å². The van der Waals surface area contributed by atoms with Crippen LogP contribution in [-0.2, 0) is 0 Å². The molecule has 0 saturated carbocycles. The van der Waals surface area contributed by atoms with Crippen LogP contribution in [0.25, 0.3) is 0 Å². The van der Waals surface area contributed by atoms with E-state index in [1.54, 1.807) is 0 Å². The topological polar surface area (TPSA) is 0 Å². The SMILES string of the molecule is CC[P](c1ccccc1)(c1ccccc1)c1cccs1. The minimum Gasteiger partial charge on any atom is -0.144 e. The Labute approximate surface area is 125 Å². The quantitative estimate of drug-likeness (QED) is 0.637. The van der Waals surface area contributed by atoms with Gasteiger partial charge in [0.15, 0.2) is 0 Å². The molecule has 0 N–H and O–H groups in total. The van der Waals surface area contributed by atoms with Crippen molar-refractivity contribution >= 4 is 33.8 Å². The molecular formula is C18H18PS. The van der Waals surface area contributed by atoms with E-state index in [-0.39, 0.29) is 0 Å². The molecule has 2 aromatic carbocycles. The van der Waals surface area contributed by atoms with Gasteiger partial charge in [0.1, 0.15) is 0 Å². The molecule has 0 nitrogen and oxygen atoms in total. The Kier molecular flexibility index (Phi) is 4.00. The highest BCUT2D eigenvalue weighted by Gasteiger charge is 2.32. The van der Waals surface area contributed by atoms with Crippen LogP contribution in [0, 0.1) is 0 Å². The molecule has 1 radical (unpaired) electrons. The van der Waals surface area contributed by atoms with Gasteiger partial charge in [-0.15, -0.1) is 11.3 Å². The fraction of sp³-hybridized carbons (Fsp3) is 0.111. The Hall–Kier alpha value is -1.43. The maximum Gasteiger partial charge on any atom is 0.0321 e. The van der Waals surface area contributed by atoms with Crippen LogP contribution in [0.15, 0.2) is 78.2 Å². The summed E-state index contributed by atoms with van der Waals surface area (Å²) in [5.41, 5.74) is 0. The molecule has 0 bridgehead atoms. The number of rotatable bonds is 4. The third kappa shape index (κ3) is 2.22. The van der Waals surface area contributed by atoms with E-state index in [2.05, 4.69) is 85.1 Å². The number of hydrogen-bond acceptors (Lipinski definition) is 1. The van der Waals surface area contributed by atoms with Crippen LogP contribution >= 0.6 is 18.6 Å². The largest absolute Gasteiger partial charge is 0.144 e. The van der Waals surface area contributed by atoms with Crippen LogP contribution in [0.3, 0.4) is 0 Å². The molecule has 0 amide bonds. The van der Waals surface area contributed by atoms with E-state index in [0.717, 1.165) is 0 Å². The van der Waals surface area contributed by atoms with Crippen molar-refractivity contribution in [3.8, 4) is 0 Å². The van der Waals surface area contributed by atoms with E-state index >= 15 is 0 Å². The standard InChI is InChI=1S/C18H18PS/c1-2-19(18-14-9-15-20-18,16-10-5-3-6-11-16)17-12-7-4-8-13-17/h3-15H,2H2,1H3. The Morgan fingerprint density at radius 3 is 1.70 bits per heavy atom. The van der Waals surface area contributed by atoms with Crippen LogP contribution in [0.1, 0.15) is 6.92 Å². The van der Waals surface area contributed by atoms with Gasteiger partial charge in [0, 0.05) is 4.62 Å². The van der Waals surface area contributed by atoms with E-state index in [9.17, 15) is 0 Å². The second-order valence-corrected chi connectivity index (χ2v) is 9.77. The first-order valence-electron chi connectivity index (χ1n) is 6.91. The van der Waals surface area contributed by atoms with Gasteiger partial charge in [0.2, 0.25) is 0 Å². The molecule has 0 aliphatic carbocycles. The Bertz CT molecular complexity index is 605. The van der Waals surface area contributed by atoms with Gasteiger partial charge < -0.3 is 0 Å². The molecule has 0 atom stereocenters. The first kappa shape index (κ1) is 13.5. The molecule has 1 heterocycles. The van der Waals surface area contributed by atoms with Crippen LogP contribution in [0.5, 0.6) is 0 Å². The van der Waals surface area contributed by atoms with Crippen LogP contribution in [0.4, 0.5) is 0 Å². The third-order valence-corrected chi connectivity index (χ3v) is 9.88. The Morgan fingerprint density at radius 2 is 1.30 bits per heavy atom. The van der Waals surface area contributed by atoms with Crippen LogP contribution < -0.4 is 15.2 Å². The lowest BCUT2D eigenvalue weighted by Crippen LogP contribution is -2.31. The second kappa shape index (κ2) is 5.91. The highest BCUT2D eigenvalue weighted by Crippen LogP contribution is 2.55. The predicted octanol–water partition coefficient (Wildman–Crippen LogP) is 4.06. The third-order valence-electron chi connectivity index (χ3n) is 3.75. The van der Waals surface area contributed by atoms with E-state index in [1.165, 1.54) is 21.4 Å². The summed E-state index contributed by atoms with van der Waals surface area (Å²) in [7, 11) is -1.47. The summed E-state index contributed by atoms with van der Waals surface area (Å²) in [6, 6.07) is 26.5. The lowest BCUT2D eigenvalue weighted by Gasteiger charge is -2.35. The summed E-state index contributed by atoms with van der Waals surface area (Å²) in [4.78, 5) is 0. The molecule has 0 unspecified atom stereocenters. The summed E-state index contributed by atoms with van der Waals surface area (Å²) >= 11 is 1.89. The van der Waals surface area contributed by atoms with Gasteiger partial charge in [-0.25, -0.2) is 0 Å². The highest BCUT2D eigenvalue weighted by atomic mass is 32.1. The fourth-order valence-corrected chi connectivity index (χ4v) is 8.70. The lowest BCUT2D eigenvalue weighted by atomic mass is 10.4. The maximum absolute atomic E-state index is 2.33. The molecule has 0 spiro atoms. The van der Waals surface area contributed by atoms with Gasteiger partial charge in [-0.2, -0.15) is 0 Å². The van der Waals surface area contributed by atoms with E-state index in [0.29, 0.717) is 0 Å². The molecule has 101 valence electrons. The number of thiophene rings is 1. The van der Waals surface area contributed by atoms with Crippen molar-refractivity contribution in [3.63, 3.8) is 0 Å². The molecule has 0 saturated heterocycles. The predicted molar refractivity (Wildman–Crippen MR) is 93.6 cm³/mol. The molecular weight excluding hydrogens is 279 g/mol. The Balaban J connectivity index is 2.27. The van der Waals surface area contributed by atoms with Gasteiger partial charge in [-0.05, 0) is 35.5 Å². The van der Waals surface area contributed by atoms with Crippen molar-refractivity contribution < 1.29 is 0 Å². The zero-order chi connectivity index (χ0) is 13.8. The van der Waals surface area contributed by atoms with Gasteiger partial charge in [-0.3, -0.25) is 0 Å². The van der Waals surface area contributed by atoms with Gasteiger partial charge in [0.05, 0.1) is 0 Å². The normalized spacial score (nSPS) is 11.4. The van der Waals surface area contributed by atoms with Crippen LogP contribution in [-0.4, -0.2) is 6.16 Å². The Morgan fingerprint density at radius 1 is 0.750 bits per heavy atom. The molecule has 3 aromatic rings. The molecule has 0 aliphatic rings. The van der Waals surface area contributed by atoms with E-state index in [4.69, 9.17) is 0 Å². The smallest absolute Gasteiger partial charge is 0.0321 e. The van der Waals surface area contributed by atoms with E-state index < -0.39 is 7.26 Å². The first-order valence-corrected chi connectivity index (χ1v) is 9.76. The minimum absolute atomic E-state index is 1.17. The van der Waals surface area contributed by atoms with Crippen molar-refractivity contribution in [2.24, 2.45) is 0 Å². The van der Waals surface area contributed by atoms with Crippen LogP contribution in [0.2, 0.25) is 0 Å². The lowest BCUT2D eigenvalue weighted by molar-refractivity contribution is 1.49. The zero-order valence-electron chi connectivity index (χ0n) is 11.6. The van der Waals surface area contributed by atoms with Crippen molar-refractivity contribution in [1.82, 2.24) is 0 Å². The molecule has 2 heteroatoms. The molecule has 0 aliphatic heterocycles. The van der Waals surface area contributed by atoms with Gasteiger partial charge >= 0.3 is 0 Å². The van der Waals surface area contributed by atoms with Crippen molar-refractivity contribution in [1.29, 1.82) is 0 Å².